The number of amides is 2. The quantitative estimate of drug-likeness (QED) is 0.372. The highest BCUT2D eigenvalue weighted by Crippen LogP contribution is 2.43. The van der Waals surface area contributed by atoms with E-state index in [2.05, 4.69) is 0 Å². The average molecular weight is 305 g/mol. The molecule has 0 radical (unpaired) electrons. The summed E-state index contributed by atoms with van der Waals surface area (Å²) >= 11 is 0. The van der Waals surface area contributed by atoms with Crippen LogP contribution in [0, 0.1) is 5.41 Å². The maximum absolute atomic E-state index is 12.2. The van der Waals surface area contributed by atoms with Gasteiger partial charge in [-0.05, 0) is 32.6 Å². The number of carbonyl (C=O) groups is 4. The summed E-state index contributed by atoms with van der Waals surface area (Å²) in [5.74, 6) is -0.371. The second-order valence-electron chi connectivity index (χ2n) is 6.24. The molecule has 22 heavy (non-hydrogen) atoms. The number of carbonyl (C=O) groups excluding carboxylic acids is 4. The molecule has 0 aromatic carbocycles. The van der Waals surface area contributed by atoms with Gasteiger partial charge in [-0.15, -0.1) is 0 Å². The van der Waals surface area contributed by atoms with Crippen LogP contribution in [0.4, 0.5) is 0 Å². The molecule has 1 aliphatic carbocycles. The number of hydrogen-bond acceptors (Lipinski definition) is 4. The fourth-order valence-electron chi connectivity index (χ4n) is 3.16. The van der Waals surface area contributed by atoms with Crippen LogP contribution in [-0.2, 0) is 19.2 Å². The van der Waals surface area contributed by atoms with Gasteiger partial charge in [0.05, 0.1) is 5.41 Å². The van der Waals surface area contributed by atoms with Gasteiger partial charge in [-0.1, -0.05) is 19.3 Å². The molecule has 1 heterocycles. The van der Waals surface area contributed by atoms with Crippen LogP contribution in [0.15, 0.2) is 12.2 Å². The molecule has 0 atom stereocenters. The van der Waals surface area contributed by atoms with Crippen molar-refractivity contribution in [1.29, 1.82) is 0 Å². The van der Waals surface area contributed by atoms with Crippen LogP contribution in [0.1, 0.15) is 58.3 Å². The van der Waals surface area contributed by atoms with Crippen molar-refractivity contribution < 1.29 is 19.2 Å². The summed E-state index contributed by atoms with van der Waals surface area (Å²) in [6.07, 6.45) is 8.72. The molecule has 0 spiro atoms. The van der Waals surface area contributed by atoms with Crippen molar-refractivity contribution in [3.63, 3.8) is 0 Å². The highest BCUT2D eigenvalue weighted by atomic mass is 16.2. The molecule has 0 saturated heterocycles. The predicted molar refractivity (Wildman–Crippen MR) is 80.9 cm³/mol. The van der Waals surface area contributed by atoms with Crippen molar-refractivity contribution in [2.75, 3.05) is 6.54 Å². The van der Waals surface area contributed by atoms with Crippen molar-refractivity contribution in [2.24, 2.45) is 5.41 Å². The lowest BCUT2D eigenvalue weighted by Gasteiger charge is -2.38. The van der Waals surface area contributed by atoms with E-state index in [1.807, 2.05) is 0 Å². The zero-order valence-electron chi connectivity index (χ0n) is 13.1. The van der Waals surface area contributed by atoms with E-state index in [4.69, 9.17) is 0 Å². The number of Topliss-reactive ketones (excluding diaryl/α,β-unsaturated/α-hetero) is 2. The molecule has 1 aliphatic heterocycles. The van der Waals surface area contributed by atoms with Crippen LogP contribution in [-0.4, -0.2) is 34.8 Å². The Kier molecular flexibility index (Phi) is 5.27. The number of nitrogens with zero attached hydrogens (tertiary/aromatic N) is 1. The smallest absolute Gasteiger partial charge is 0.253 e. The lowest BCUT2D eigenvalue weighted by molar-refractivity contribution is -0.145. The molecule has 0 bridgehead atoms. The maximum atomic E-state index is 12.2. The van der Waals surface area contributed by atoms with Gasteiger partial charge in [0.25, 0.3) is 11.8 Å². The Bertz CT molecular complexity index is 499. The molecule has 120 valence electrons. The second-order valence-corrected chi connectivity index (χ2v) is 6.24. The van der Waals surface area contributed by atoms with Crippen molar-refractivity contribution in [2.45, 2.75) is 58.3 Å². The van der Waals surface area contributed by atoms with Gasteiger partial charge in [-0.3, -0.25) is 24.1 Å². The van der Waals surface area contributed by atoms with Gasteiger partial charge in [0.1, 0.15) is 11.6 Å². The molecule has 0 N–H and O–H groups in total. The number of imide groups is 1. The molecule has 5 heteroatoms. The molecular weight excluding hydrogens is 282 g/mol. The van der Waals surface area contributed by atoms with Crippen molar-refractivity contribution in [3.8, 4) is 0 Å². The van der Waals surface area contributed by atoms with Crippen LogP contribution in [0.25, 0.3) is 0 Å². The fraction of sp³-hybridized carbons (Fsp3) is 0.647. The standard InChI is InChI=1S/C17H23NO4/c1-13(19)17(10-6-11-17)14(20)7-4-2-3-5-12-18-15(21)8-9-16(18)22/h8-9H,2-7,10-12H2,1H3. The molecule has 2 rings (SSSR count). The zero-order valence-corrected chi connectivity index (χ0v) is 13.1. The van der Waals surface area contributed by atoms with Gasteiger partial charge < -0.3 is 0 Å². The van der Waals surface area contributed by atoms with Crippen molar-refractivity contribution >= 4 is 23.4 Å². The number of rotatable bonds is 9. The Morgan fingerprint density at radius 2 is 1.64 bits per heavy atom. The minimum atomic E-state index is -0.667. The second kappa shape index (κ2) is 6.99. The van der Waals surface area contributed by atoms with Crippen molar-refractivity contribution in [3.05, 3.63) is 12.2 Å². The number of hydrogen-bond donors (Lipinski definition) is 0. The molecule has 0 unspecified atom stereocenters. The third kappa shape index (κ3) is 3.34. The minimum Gasteiger partial charge on any atom is -0.299 e. The first-order valence-corrected chi connectivity index (χ1v) is 8.05. The zero-order chi connectivity index (χ0) is 16.2. The highest BCUT2D eigenvalue weighted by Gasteiger charge is 2.47. The van der Waals surface area contributed by atoms with Crippen molar-refractivity contribution in [1.82, 2.24) is 4.90 Å². The summed E-state index contributed by atoms with van der Waals surface area (Å²) in [5, 5.41) is 0. The Labute approximate surface area is 130 Å². The third-order valence-corrected chi connectivity index (χ3v) is 4.85. The first-order valence-electron chi connectivity index (χ1n) is 8.05. The van der Waals surface area contributed by atoms with E-state index in [1.54, 1.807) is 0 Å². The SMILES string of the molecule is CC(=O)C1(C(=O)CCCCCCN2C(=O)C=CC2=O)CCC1. The normalized spacial score (nSPS) is 19.4. The molecule has 1 fully saturated rings. The Hall–Kier alpha value is -1.78. The molecule has 2 amide bonds. The van der Waals surface area contributed by atoms with Crippen LogP contribution in [0.3, 0.4) is 0 Å². The van der Waals surface area contributed by atoms with Crippen LogP contribution >= 0.6 is 0 Å². The van der Waals surface area contributed by atoms with Crippen LogP contribution in [0.2, 0.25) is 0 Å². The largest absolute Gasteiger partial charge is 0.299 e. The Morgan fingerprint density at radius 3 is 2.14 bits per heavy atom. The van der Waals surface area contributed by atoms with Gasteiger partial charge in [-0.2, -0.15) is 0 Å². The summed E-state index contributed by atoms with van der Waals surface area (Å²) in [4.78, 5) is 47.8. The summed E-state index contributed by atoms with van der Waals surface area (Å²) in [5.41, 5.74) is -0.667. The first-order chi connectivity index (χ1) is 10.5. The van der Waals surface area contributed by atoms with Crippen LogP contribution in [0.5, 0.6) is 0 Å². The summed E-state index contributed by atoms with van der Waals surface area (Å²) in [7, 11) is 0. The minimum absolute atomic E-state index is 0.0160. The lowest BCUT2D eigenvalue weighted by Crippen LogP contribution is -2.43. The van der Waals surface area contributed by atoms with Gasteiger partial charge in [0, 0.05) is 25.1 Å². The summed E-state index contributed by atoms with van der Waals surface area (Å²) in [6.45, 7) is 1.96. The fourth-order valence-corrected chi connectivity index (χ4v) is 3.16. The molecule has 5 nitrogen and oxygen atoms in total. The molecule has 0 aromatic rings. The van der Waals surface area contributed by atoms with Gasteiger partial charge in [-0.25, -0.2) is 0 Å². The molecule has 1 saturated carbocycles. The maximum Gasteiger partial charge on any atom is 0.253 e. The van der Waals surface area contributed by atoms with E-state index in [1.165, 1.54) is 24.0 Å². The van der Waals surface area contributed by atoms with E-state index in [0.717, 1.165) is 32.1 Å². The highest BCUT2D eigenvalue weighted by molar-refractivity contribution is 6.12. The predicted octanol–water partition coefficient (Wildman–Crippen LogP) is 2.19. The van der Waals surface area contributed by atoms with Crippen LogP contribution < -0.4 is 0 Å². The molecule has 0 aromatic heterocycles. The third-order valence-electron chi connectivity index (χ3n) is 4.85. The monoisotopic (exact) mass is 305 g/mol. The molecule has 2 aliphatic rings. The van der Waals surface area contributed by atoms with E-state index in [9.17, 15) is 19.2 Å². The Morgan fingerprint density at radius 1 is 1.05 bits per heavy atom. The van der Waals surface area contributed by atoms with E-state index in [0.29, 0.717) is 25.8 Å². The Balaban J connectivity index is 1.60. The van der Waals surface area contributed by atoms with E-state index >= 15 is 0 Å². The molecular formula is C17H23NO4. The van der Waals surface area contributed by atoms with E-state index < -0.39 is 5.41 Å². The first kappa shape index (κ1) is 16.6. The lowest BCUT2D eigenvalue weighted by atomic mass is 9.63. The number of unbranched alkanes of at least 4 members (excludes halogenated alkanes) is 3. The van der Waals surface area contributed by atoms with E-state index in [-0.39, 0.29) is 23.4 Å². The summed E-state index contributed by atoms with van der Waals surface area (Å²) < 4.78 is 0. The summed E-state index contributed by atoms with van der Waals surface area (Å²) in [6, 6.07) is 0. The number of ketones is 2. The average Bonchev–Trinajstić information content (AvgIpc) is 2.72. The van der Waals surface area contributed by atoms with Gasteiger partial charge >= 0.3 is 0 Å². The van der Waals surface area contributed by atoms with Gasteiger partial charge in [0.2, 0.25) is 0 Å². The van der Waals surface area contributed by atoms with Gasteiger partial charge in [0.15, 0.2) is 0 Å². The topological polar surface area (TPSA) is 71.5 Å².